The maximum atomic E-state index is 12.2. The van der Waals surface area contributed by atoms with Gasteiger partial charge in [0.2, 0.25) is 5.91 Å². The monoisotopic (exact) mass is 331 g/mol. The summed E-state index contributed by atoms with van der Waals surface area (Å²) < 4.78 is 0. The quantitative estimate of drug-likeness (QED) is 0.799. The van der Waals surface area contributed by atoms with Crippen molar-refractivity contribution in [2.24, 2.45) is 0 Å². The van der Waals surface area contributed by atoms with Crippen molar-refractivity contribution in [3.8, 4) is 0 Å². The lowest BCUT2D eigenvalue weighted by atomic mass is 10.2. The second-order valence-electron chi connectivity index (χ2n) is 4.69. The number of anilines is 1. The summed E-state index contributed by atoms with van der Waals surface area (Å²) in [4.78, 5) is 24.6. The van der Waals surface area contributed by atoms with Gasteiger partial charge in [-0.3, -0.25) is 15.1 Å². The summed E-state index contributed by atoms with van der Waals surface area (Å²) in [6.45, 7) is 3.88. The van der Waals surface area contributed by atoms with Crippen molar-refractivity contribution in [2.45, 2.75) is 6.04 Å². The number of hydrogen-bond acceptors (Lipinski definition) is 5. The van der Waals surface area contributed by atoms with Crippen molar-refractivity contribution in [1.82, 2.24) is 20.2 Å². The first-order valence-corrected chi connectivity index (χ1v) is 6.54. The van der Waals surface area contributed by atoms with E-state index in [1.807, 2.05) is 17.1 Å². The Kier molecular flexibility index (Phi) is 6.87. The second-order valence-corrected chi connectivity index (χ2v) is 4.69. The Morgan fingerprint density at radius 1 is 1.19 bits per heavy atom. The van der Waals surface area contributed by atoms with Gasteiger partial charge in [0.25, 0.3) is 0 Å². The Hall–Kier alpha value is -1.37. The van der Waals surface area contributed by atoms with E-state index in [0.717, 1.165) is 38.5 Å². The highest BCUT2D eigenvalue weighted by atomic mass is 35.5. The predicted octanol–water partition coefficient (Wildman–Crippen LogP) is 0.497. The molecule has 8 heteroatoms. The lowest BCUT2D eigenvalue weighted by molar-refractivity contribution is -0.132. The molecule has 1 saturated heterocycles. The first-order chi connectivity index (χ1) is 9.34. The minimum Gasteiger partial charge on any atom is -0.352 e. The third kappa shape index (κ3) is 4.06. The van der Waals surface area contributed by atoms with Gasteiger partial charge in [-0.2, -0.15) is 0 Å². The summed E-state index contributed by atoms with van der Waals surface area (Å²) in [6.07, 6.45) is 9.07. The molecule has 2 aliphatic rings. The molecule has 1 fully saturated rings. The van der Waals surface area contributed by atoms with E-state index >= 15 is 0 Å². The normalized spacial score (nSPS) is 20.7. The highest BCUT2D eigenvalue weighted by Gasteiger charge is 2.27. The first-order valence-electron chi connectivity index (χ1n) is 6.54. The number of piperazine rings is 1. The third-order valence-corrected chi connectivity index (χ3v) is 3.52. The molecule has 1 atom stereocenters. The summed E-state index contributed by atoms with van der Waals surface area (Å²) in [5, 5.41) is 3.16. The third-order valence-electron chi connectivity index (χ3n) is 3.52. The fourth-order valence-corrected chi connectivity index (χ4v) is 2.44. The molecular weight excluding hydrogens is 313 g/mol. The first kappa shape index (κ1) is 17.7. The van der Waals surface area contributed by atoms with E-state index in [-0.39, 0.29) is 36.8 Å². The molecular formula is C13H19Cl2N5O. The molecule has 1 unspecified atom stereocenters. The average Bonchev–Trinajstić information content (AvgIpc) is 3.02. The molecule has 1 N–H and O–H groups in total. The van der Waals surface area contributed by atoms with Gasteiger partial charge in [0.1, 0.15) is 11.9 Å². The minimum atomic E-state index is -0.136. The average molecular weight is 332 g/mol. The molecule has 0 radical (unpaired) electrons. The van der Waals surface area contributed by atoms with Gasteiger partial charge in [-0.15, -0.1) is 24.8 Å². The molecule has 3 rings (SSSR count). The molecule has 1 aromatic heterocycles. The molecule has 6 nitrogen and oxygen atoms in total. The standard InChI is InChI=1S/C13H17N5O.2ClH/c19-13(11-2-1-3-15-11)18-8-6-17(7-9-18)12-10-14-4-5-16-12;;/h1-2,4-5,10-11,15H,3,6-9H2;2*1H. The number of amides is 1. The Bertz CT molecular complexity index is 477. The molecule has 0 saturated carbocycles. The van der Waals surface area contributed by atoms with Crippen LogP contribution in [-0.2, 0) is 4.79 Å². The number of rotatable bonds is 2. The summed E-state index contributed by atoms with van der Waals surface area (Å²) in [5.74, 6) is 1.06. The Labute approximate surface area is 136 Å². The van der Waals surface area contributed by atoms with Crippen LogP contribution in [0.25, 0.3) is 0 Å². The largest absolute Gasteiger partial charge is 0.352 e. The van der Waals surface area contributed by atoms with Crippen molar-refractivity contribution in [3.63, 3.8) is 0 Å². The Morgan fingerprint density at radius 3 is 2.52 bits per heavy atom. The van der Waals surface area contributed by atoms with Gasteiger partial charge in [-0.05, 0) is 0 Å². The molecule has 0 aromatic carbocycles. The van der Waals surface area contributed by atoms with Gasteiger partial charge in [0.15, 0.2) is 0 Å². The van der Waals surface area contributed by atoms with Crippen LogP contribution in [0.2, 0.25) is 0 Å². The van der Waals surface area contributed by atoms with Crippen LogP contribution in [0, 0.1) is 0 Å². The number of carbonyl (C=O) groups excluding carboxylic acids is 1. The van der Waals surface area contributed by atoms with Crippen LogP contribution in [-0.4, -0.2) is 59.5 Å². The molecule has 0 bridgehead atoms. The van der Waals surface area contributed by atoms with Gasteiger partial charge in [-0.25, -0.2) is 4.98 Å². The van der Waals surface area contributed by atoms with Crippen LogP contribution in [0.4, 0.5) is 5.82 Å². The molecule has 21 heavy (non-hydrogen) atoms. The number of carbonyl (C=O) groups is 1. The zero-order valence-corrected chi connectivity index (χ0v) is 13.1. The van der Waals surface area contributed by atoms with Gasteiger partial charge < -0.3 is 9.80 Å². The number of halogens is 2. The van der Waals surface area contributed by atoms with Crippen LogP contribution in [0.3, 0.4) is 0 Å². The SMILES string of the molecule is Cl.Cl.O=C(C1C=CCN1)N1CCN(c2cnccn2)CC1. The summed E-state index contributed by atoms with van der Waals surface area (Å²) in [6, 6.07) is -0.136. The fourth-order valence-electron chi connectivity index (χ4n) is 2.44. The summed E-state index contributed by atoms with van der Waals surface area (Å²) in [5.41, 5.74) is 0. The van der Waals surface area contributed by atoms with Gasteiger partial charge in [-0.1, -0.05) is 12.2 Å². The van der Waals surface area contributed by atoms with Crippen LogP contribution < -0.4 is 10.2 Å². The predicted molar refractivity (Wildman–Crippen MR) is 86.3 cm³/mol. The lowest BCUT2D eigenvalue weighted by Gasteiger charge is -2.36. The highest BCUT2D eigenvalue weighted by Crippen LogP contribution is 2.12. The van der Waals surface area contributed by atoms with Crippen molar-refractivity contribution >= 4 is 36.5 Å². The van der Waals surface area contributed by atoms with Crippen molar-refractivity contribution in [1.29, 1.82) is 0 Å². The van der Waals surface area contributed by atoms with E-state index in [9.17, 15) is 4.79 Å². The lowest BCUT2D eigenvalue weighted by Crippen LogP contribution is -2.53. The smallest absolute Gasteiger partial charge is 0.243 e. The molecule has 3 heterocycles. The van der Waals surface area contributed by atoms with E-state index in [4.69, 9.17) is 0 Å². The zero-order chi connectivity index (χ0) is 13.1. The second kappa shape index (κ2) is 8.17. The van der Waals surface area contributed by atoms with Crippen LogP contribution >= 0.6 is 24.8 Å². The van der Waals surface area contributed by atoms with Gasteiger partial charge >= 0.3 is 0 Å². The van der Waals surface area contributed by atoms with Crippen LogP contribution in [0.5, 0.6) is 0 Å². The number of nitrogens with zero attached hydrogens (tertiary/aromatic N) is 4. The number of nitrogens with one attached hydrogen (secondary N) is 1. The van der Waals surface area contributed by atoms with E-state index in [0.29, 0.717) is 0 Å². The topological polar surface area (TPSA) is 61.4 Å². The molecule has 116 valence electrons. The zero-order valence-electron chi connectivity index (χ0n) is 11.5. The Balaban J connectivity index is 0.00000110. The molecule has 0 spiro atoms. The van der Waals surface area contributed by atoms with Gasteiger partial charge in [0, 0.05) is 45.1 Å². The molecule has 2 aliphatic heterocycles. The molecule has 1 aromatic rings. The van der Waals surface area contributed by atoms with E-state index in [2.05, 4.69) is 20.2 Å². The van der Waals surface area contributed by atoms with Crippen molar-refractivity contribution in [2.75, 3.05) is 37.6 Å². The maximum absolute atomic E-state index is 12.2. The van der Waals surface area contributed by atoms with Crippen LogP contribution in [0.1, 0.15) is 0 Å². The Morgan fingerprint density at radius 2 is 1.95 bits per heavy atom. The van der Waals surface area contributed by atoms with E-state index < -0.39 is 0 Å². The number of hydrogen-bond donors (Lipinski definition) is 1. The number of aromatic nitrogens is 2. The highest BCUT2D eigenvalue weighted by molar-refractivity contribution is 5.85. The fraction of sp³-hybridized carbons (Fsp3) is 0.462. The van der Waals surface area contributed by atoms with E-state index in [1.54, 1.807) is 18.6 Å². The van der Waals surface area contributed by atoms with Crippen molar-refractivity contribution < 1.29 is 4.79 Å². The van der Waals surface area contributed by atoms with Gasteiger partial charge in [0.05, 0.1) is 6.20 Å². The maximum Gasteiger partial charge on any atom is 0.243 e. The van der Waals surface area contributed by atoms with E-state index in [1.165, 1.54) is 0 Å². The van der Waals surface area contributed by atoms with Crippen LogP contribution in [0.15, 0.2) is 30.7 Å². The molecule has 1 amide bonds. The minimum absolute atomic E-state index is 0. The summed E-state index contributed by atoms with van der Waals surface area (Å²) in [7, 11) is 0. The van der Waals surface area contributed by atoms with Crippen molar-refractivity contribution in [3.05, 3.63) is 30.7 Å². The molecule has 0 aliphatic carbocycles. The summed E-state index contributed by atoms with van der Waals surface area (Å²) >= 11 is 0.